The van der Waals surface area contributed by atoms with Gasteiger partial charge in [0.15, 0.2) is 5.65 Å². The van der Waals surface area contributed by atoms with Crippen molar-refractivity contribution in [3.05, 3.63) is 54.0 Å². The number of aryl methyl sites for hydroxylation is 1. The molecule has 3 rings (SSSR count). The highest BCUT2D eigenvalue weighted by Crippen LogP contribution is 2.17. The Morgan fingerprint density at radius 1 is 1.16 bits per heavy atom. The van der Waals surface area contributed by atoms with Crippen molar-refractivity contribution in [3.63, 3.8) is 0 Å². The van der Waals surface area contributed by atoms with E-state index in [-0.39, 0.29) is 0 Å². The van der Waals surface area contributed by atoms with Gasteiger partial charge in [-0.1, -0.05) is 12.1 Å². The maximum atomic E-state index is 5.17. The second-order valence-electron chi connectivity index (χ2n) is 4.44. The summed E-state index contributed by atoms with van der Waals surface area (Å²) < 4.78 is 7.29. The number of hydrogen-bond acceptors (Lipinski definition) is 3. The van der Waals surface area contributed by atoms with E-state index in [0.717, 1.165) is 29.3 Å². The highest BCUT2D eigenvalue weighted by atomic mass is 16.5. The molecule has 3 aromatic rings. The van der Waals surface area contributed by atoms with Gasteiger partial charge in [-0.2, -0.15) is 0 Å². The number of methoxy groups -OCH3 is 1. The molecule has 0 atom stereocenters. The van der Waals surface area contributed by atoms with Crippen LogP contribution in [0.15, 0.2) is 42.6 Å². The van der Waals surface area contributed by atoms with E-state index in [1.54, 1.807) is 13.3 Å². The van der Waals surface area contributed by atoms with E-state index in [4.69, 9.17) is 4.74 Å². The fourth-order valence-electron chi connectivity index (χ4n) is 2.17. The van der Waals surface area contributed by atoms with Crippen LogP contribution in [0.1, 0.15) is 11.4 Å². The van der Waals surface area contributed by atoms with Gasteiger partial charge in [0.05, 0.1) is 13.7 Å². The largest absolute Gasteiger partial charge is 0.497 e. The third kappa shape index (κ3) is 2.17. The van der Waals surface area contributed by atoms with Gasteiger partial charge in [0.2, 0.25) is 0 Å². The number of benzene rings is 1. The quantitative estimate of drug-likeness (QED) is 0.720. The summed E-state index contributed by atoms with van der Waals surface area (Å²) >= 11 is 0. The van der Waals surface area contributed by atoms with E-state index in [9.17, 15) is 0 Å². The predicted molar refractivity (Wildman–Crippen MR) is 74.4 cm³/mol. The lowest BCUT2D eigenvalue weighted by atomic mass is 10.2. The molecule has 0 aliphatic heterocycles. The molecule has 0 N–H and O–H groups in total. The fraction of sp³-hybridized carbons (Fsp3) is 0.200. The normalized spacial score (nSPS) is 10.8. The van der Waals surface area contributed by atoms with Crippen LogP contribution in [-0.2, 0) is 6.54 Å². The zero-order valence-electron chi connectivity index (χ0n) is 11.0. The van der Waals surface area contributed by atoms with E-state index in [1.165, 1.54) is 5.56 Å². The molecule has 4 nitrogen and oxygen atoms in total. The van der Waals surface area contributed by atoms with Crippen LogP contribution in [0.5, 0.6) is 5.75 Å². The van der Waals surface area contributed by atoms with E-state index in [2.05, 4.69) is 26.7 Å². The lowest BCUT2D eigenvalue weighted by Crippen LogP contribution is -2.02. The zero-order valence-corrected chi connectivity index (χ0v) is 11.0. The second kappa shape index (κ2) is 4.72. The number of pyridine rings is 1. The Hall–Kier alpha value is -2.36. The van der Waals surface area contributed by atoms with Crippen LogP contribution >= 0.6 is 0 Å². The molecular weight excluding hydrogens is 238 g/mol. The summed E-state index contributed by atoms with van der Waals surface area (Å²) in [5, 5.41) is 0. The Kier molecular flexibility index (Phi) is 2.91. The fourth-order valence-corrected chi connectivity index (χ4v) is 2.17. The van der Waals surface area contributed by atoms with Crippen LogP contribution in [0.25, 0.3) is 11.2 Å². The summed E-state index contributed by atoms with van der Waals surface area (Å²) in [7, 11) is 1.67. The molecular formula is C15H15N3O. The molecule has 2 aromatic heterocycles. The maximum absolute atomic E-state index is 5.17. The van der Waals surface area contributed by atoms with Crippen LogP contribution in [0.4, 0.5) is 0 Å². The van der Waals surface area contributed by atoms with Gasteiger partial charge in [-0.15, -0.1) is 0 Å². The monoisotopic (exact) mass is 253 g/mol. The number of fused-ring (bicyclic) bond motifs is 1. The number of rotatable bonds is 3. The van der Waals surface area contributed by atoms with Crippen molar-refractivity contribution in [2.24, 2.45) is 0 Å². The summed E-state index contributed by atoms with van der Waals surface area (Å²) in [5.41, 5.74) is 3.07. The van der Waals surface area contributed by atoms with Crippen molar-refractivity contribution >= 4 is 11.2 Å². The van der Waals surface area contributed by atoms with Gasteiger partial charge in [0.1, 0.15) is 17.1 Å². The van der Waals surface area contributed by atoms with Crippen molar-refractivity contribution in [1.29, 1.82) is 0 Å². The lowest BCUT2D eigenvalue weighted by molar-refractivity contribution is 0.414. The first kappa shape index (κ1) is 11.7. The van der Waals surface area contributed by atoms with Crippen molar-refractivity contribution in [2.45, 2.75) is 13.5 Å². The van der Waals surface area contributed by atoms with Gasteiger partial charge in [-0.3, -0.25) is 0 Å². The number of imidazole rings is 1. The van der Waals surface area contributed by atoms with Gasteiger partial charge in [0.25, 0.3) is 0 Å². The van der Waals surface area contributed by atoms with Crippen LogP contribution in [-0.4, -0.2) is 21.6 Å². The van der Waals surface area contributed by atoms with Gasteiger partial charge in [0, 0.05) is 6.20 Å². The minimum absolute atomic E-state index is 0.767. The molecule has 2 heterocycles. The van der Waals surface area contributed by atoms with Crippen molar-refractivity contribution in [1.82, 2.24) is 14.5 Å². The summed E-state index contributed by atoms with van der Waals surface area (Å²) in [6.45, 7) is 2.77. The van der Waals surface area contributed by atoms with Crippen LogP contribution in [0.2, 0.25) is 0 Å². The molecule has 1 aromatic carbocycles. The minimum Gasteiger partial charge on any atom is -0.497 e. The molecule has 4 heteroatoms. The number of ether oxygens (including phenoxy) is 1. The molecule has 0 radical (unpaired) electrons. The van der Waals surface area contributed by atoms with Crippen molar-refractivity contribution in [2.75, 3.05) is 7.11 Å². The van der Waals surface area contributed by atoms with Gasteiger partial charge in [-0.25, -0.2) is 9.97 Å². The Morgan fingerprint density at radius 2 is 1.95 bits per heavy atom. The third-order valence-corrected chi connectivity index (χ3v) is 3.19. The maximum Gasteiger partial charge on any atom is 0.160 e. The molecule has 19 heavy (non-hydrogen) atoms. The Morgan fingerprint density at radius 3 is 2.68 bits per heavy atom. The first-order valence-corrected chi connectivity index (χ1v) is 6.19. The standard InChI is InChI=1S/C15H15N3O/c1-11-17-14-4-3-9-16-15(14)18(11)10-12-5-7-13(19-2)8-6-12/h3-9H,10H2,1-2H3. The molecule has 0 saturated carbocycles. The summed E-state index contributed by atoms with van der Waals surface area (Å²) in [6.07, 6.45) is 1.80. The Bertz CT molecular complexity index is 701. The number of hydrogen-bond donors (Lipinski definition) is 0. The van der Waals surface area contributed by atoms with E-state index < -0.39 is 0 Å². The number of nitrogens with zero attached hydrogens (tertiary/aromatic N) is 3. The second-order valence-corrected chi connectivity index (χ2v) is 4.44. The van der Waals surface area contributed by atoms with E-state index >= 15 is 0 Å². The minimum atomic E-state index is 0.767. The van der Waals surface area contributed by atoms with Crippen molar-refractivity contribution < 1.29 is 4.74 Å². The predicted octanol–water partition coefficient (Wildman–Crippen LogP) is 2.80. The molecule has 0 saturated heterocycles. The number of aromatic nitrogens is 3. The molecule has 0 bridgehead atoms. The highest BCUT2D eigenvalue weighted by Gasteiger charge is 2.08. The van der Waals surface area contributed by atoms with Crippen molar-refractivity contribution in [3.8, 4) is 5.75 Å². The third-order valence-electron chi connectivity index (χ3n) is 3.19. The summed E-state index contributed by atoms with van der Waals surface area (Å²) in [4.78, 5) is 8.93. The Balaban J connectivity index is 1.98. The highest BCUT2D eigenvalue weighted by molar-refractivity contribution is 5.71. The zero-order chi connectivity index (χ0) is 13.2. The smallest absolute Gasteiger partial charge is 0.160 e. The first-order chi connectivity index (χ1) is 9.28. The van der Waals surface area contributed by atoms with Gasteiger partial charge < -0.3 is 9.30 Å². The molecule has 0 spiro atoms. The molecule has 0 amide bonds. The average Bonchev–Trinajstić information content (AvgIpc) is 2.76. The molecule has 0 aliphatic carbocycles. The van der Waals surface area contributed by atoms with E-state index in [0.29, 0.717) is 0 Å². The SMILES string of the molecule is COc1ccc(Cn2c(C)nc3cccnc32)cc1. The van der Waals surface area contributed by atoms with Gasteiger partial charge in [-0.05, 0) is 36.8 Å². The molecule has 0 fully saturated rings. The molecule has 0 unspecified atom stereocenters. The molecule has 0 aliphatic rings. The average molecular weight is 253 g/mol. The van der Waals surface area contributed by atoms with Gasteiger partial charge >= 0.3 is 0 Å². The first-order valence-electron chi connectivity index (χ1n) is 6.19. The van der Waals surface area contributed by atoms with Crippen LogP contribution in [0.3, 0.4) is 0 Å². The van der Waals surface area contributed by atoms with Crippen LogP contribution in [0, 0.1) is 6.92 Å². The Labute approximate surface area is 111 Å². The molecule has 96 valence electrons. The summed E-state index contributed by atoms with van der Waals surface area (Å²) in [5.74, 6) is 1.85. The lowest BCUT2D eigenvalue weighted by Gasteiger charge is -2.07. The van der Waals surface area contributed by atoms with E-state index in [1.807, 2.05) is 31.2 Å². The van der Waals surface area contributed by atoms with Crippen LogP contribution < -0.4 is 4.74 Å². The topological polar surface area (TPSA) is 39.9 Å². The summed E-state index contributed by atoms with van der Waals surface area (Å²) in [6, 6.07) is 12.0.